The lowest BCUT2D eigenvalue weighted by Gasteiger charge is -2.19. The maximum absolute atomic E-state index is 12.7. The van der Waals surface area contributed by atoms with Gasteiger partial charge in [-0.1, -0.05) is 11.6 Å². The zero-order chi connectivity index (χ0) is 17.6. The van der Waals surface area contributed by atoms with Gasteiger partial charge in [0.2, 0.25) is 6.79 Å². The van der Waals surface area contributed by atoms with Gasteiger partial charge >= 0.3 is 0 Å². The van der Waals surface area contributed by atoms with Crippen molar-refractivity contribution in [1.29, 1.82) is 0 Å². The smallest absolute Gasteiger partial charge is 0.270 e. The molecule has 0 saturated heterocycles. The third-order valence-corrected chi connectivity index (χ3v) is 4.26. The molecule has 2 aliphatic heterocycles. The highest BCUT2D eigenvalue weighted by molar-refractivity contribution is 6.32. The molecule has 0 bridgehead atoms. The number of ketones is 1. The van der Waals surface area contributed by atoms with Crippen LogP contribution < -0.4 is 14.2 Å². The minimum atomic E-state index is -0.520. The number of nitrogens with zero attached hydrogens (tertiary/aromatic N) is 1. The Morgan fingerprint density at radius 1 is 1.08 bits per heavy atom. The van der Waals surface area contributed by atoms with Gasteiger partial charge in [-0.2, -0.15) is 0 Å². The van der Waals surface area contributed by atoms with Gasteiger partial charge in [-0.05, 0) is 18.2 Å². The predicted molar refractivity (Wildman–Crippen MR) is 88.5 cm³/mol. The Labute approximate surface area is 146 Å². The van der Waals surface area contributed by atoms with Crippen molar-refractivity contribution < 1.29 is 23.9 Å². The zero-order valence-corrected chi connectivity index (χ0v) is 13.4. The Hall–Kier alpha value is -3.06. The van der Waals surface area contributed by atoms with E-state index >= 15 is 0 Å². The van der Waals surface area contributed by atoms with Crippen molar-refractivity contribution in [2.75, 3.05) is 13.4 Å². The van der Waals surface area contributed by atoms with Crippen molar-refractivity contribution in [1.82, 2.24) is 0 Å². The van der Waals surface area contributed by atoms with Crippen LogP contribution >= 0.6 is 11.6 Å². The molecule has 0 fully saturated rings. The predicted octanol–water partition coefficient (Wildman–Crippen LogP) is 3.64. The lowest BCUT2D eigenvalue weighted by molar-refractivity contribution is -0.384. The van der Waals surface area contributed by atoms with Gasteiger partial charge in [0.1, 0.15) is 12.4 Å². The minimum Gasteiger partial charge on any atom is -0.488 e. The fourth-order valence-electron chi connectivity index (χ4n) is 2.66. The standard InChI is InChI=1S/C17H10ClNO6/c18-13-2-1-11(19(21)22)4-9(13)3-10-7-23-14-6-16-15(24-8-25-16)5-12(14)17(10)20/h1-6H,7-8H2/b10-3+. The SMILES string of the molecule is O=C1/C(=C/c2cc([N+](=O)[O-])ccc2Cl)COc2cc3c(cc21)OCO3. The van der Waals surface area contributed by atoms with E-state index in [1.165, 1.54) is 24.3 Å². The number of non-ortho nitro benzene ring substituents is 1. The number of fused-ring (bicyclic) bond motifs is 2. The zero-order valence-electron chi connectivity index (χ0n) is 12.7. The summed E-state index contributed by atoms with van der Waals surface area (Å²) in [7, 11) is 0. The Bertz CT molecular complexity index is 952. The van der Waals surface area contributed by atoms with E-state index in [4.69, 9.17) is 25.8 Å². The molecule has 7 nitrogen and oxygen atoms in total. The number of ether oxygens (including phenoxy) is 3. The van der Waals surface area contributed by atoms with Crippen molar-refractivity contribution in [3.05, 3.63) is 62.2 Å². The van der Waals surface area contributed by atoms with Crippen LogP contribution in [0.5, 0.6) is 17.2 Å². The molecule has 8 heteroatoms. The second-order valence-corrected chi connectivity index (χ2v) is 5.86. The molecule has 25 heavy (non-hydrogen) atoms. The van der Waals surface area contributed by atoms with Crippen LogP contribution in [0.1, 0.15) is 15.9 Å². The highest BCUT2D eigenvalue weighted by Gasteiger charge is 2.28. The first-order chi connectivity index (χ1) is 12.0. The Balaban J connectivity index is 1.73. The third kappa shape index (κ3) is 2.68. The molecule has 4 rings (SSSR count). The number of halogens is 1. The first kappa shape index (κ1) is 15.5. The van der Waals surface area contributed by atoms with E-state index < -0.39 is 4.92 Å². The maximum Gasteiger partial charge on any atom is 0.270 e. The van der Waals surface area contributed by atoms with Crippen LogP contribution in [0, 0.1) is 10.1 Å². The van der Waals surface area contributed by atoms with E-state index in [1.807, 2.05) is 0 Å². The van der Waals surface area contributed by atoms with Gasteiger partial charge in [-0.3, -0.25) is 14.9 Å². The molecule has 2 aromatic rings. The van der Waals surface area contributed by atoms with Crippen molar-refractivity contribution >= 4 is 29.1 Å². The van der Waals surface area contributed by atoms with Gasteiger partial charge in [0.15, 0.2) is 17.3 Å². The summed E-state index contributed by atoms with van der Waals surface area (Å²) in [6, 6.07) is 7.23. The van der Waals surface area contributed by atoms with E-state index in [2.05, 4.69) is 0 Å². The van der Waals surface area contributed by atoms with Crippen molar-refractivity contribution in [3.8, 4) is 17.2 Å². The van der Waals surface area contributed by atoms with Gasteiger partial charge in [0.25, 0.3) is 5.69 Å². The second-order valence-electron chi connectivity index (χ2n) is 5.45. The van der Waals surface area contributed by atoms with E-state index in [1.54, 1.807) is 12.1 Å². The largest absolute Gasteiger partial charge is 0.488 e. The van der Waals surface area contributed by atoms with Crippen LogP contribution in [0.15, 0.2) is 35.9 Å². The van der Waals surface area contributed by atoms with E-state index in [0.717, 1.165) is 0 Å². The number of benzene rings is 2. The Morgan fingerprint density at radius 2 is 1.84 bits per heavy atom. The Kier molecular flexibility index (Phi) is 3.58. The van der Waals surface area contributed by atoms with Crippen molar-refractivity contribution in [2.24, 2.45) is 0 Å². The first-order valence-electron chi connectivity index (χ1n) is 7.28. The molecule has 2 aliphatic rings. The third-order valence-electron chi connectivity index (χ3n) is 3.91. The first-order valence-corrected chi connectivity index (χ1v) is 7.66. The number of rotatable bonds is 2. The number of nitro benzene ring substituents is 1. The van der Waals surface area contributed by atoms with Crippen LogP contribution in [0.4, 0.5) is 5.69 Å². The Morgan fingerprint density at radius 3 is 2.60 bits per heavy atom. The highest BCUT2D eigenvalue weighted by Crippen LogP contribution is 2.41. The van der Waals surface area contributed by atoms with Gasteiger partial charge in [-0.15, -0.1) is 0 Å². The number of hydrogen-bond donors (Lipinski definition) is 0. The molecule has 0 amide bonds. The van der Waals surface area contributed by atoms with E-state index in [0.29, 0.717) is 39.0 Å². The number of hydrogen-bond acceptors (Lipinski definition) is 6. The summed E-state index contributed by atoms with van der Waals surface area (Å²) in [5, 5.41) is 11.2. The number of carbonyl (C=O) groups excluding carboxylic acids is 1. The fraction of sp³-hybridized carbons (Fsp3) is 0.118. The summed E-state index contributed by atoms with van der Waals surface area (Å²) in [5.41, 5.74) is 0.966. The van der Waals surface area contributed by atoms with Gasteiger partial charge < -0.3 is 14.2 Å². The molecule has 0 aliphatic carbocycles. The molecular weight excluding hydrogens is 350 g/mol. The molecular formula is C17H10ClNO6. The summed E-state index contributed by atoms with van der Waals surface area (Å²) >= 11 is 6.09. The molecule has 2 aromatic carbocycles. The molecule has 0 N–H and O–H groups in total. The molecule has 0 atom stereocenters. The van der Waals surface area contributed by atoms with Gasteiger partial charge in [0, 0.05) is 34.4 Å². The maximum atomic E-state index is 12.7. The quantitative estimate of drug-likeness (QED) is 0.462. The summed E-state index contributed by atoms with van der Waals surface area (Å²) in [6.07, 6.45) is 1.51. The summed E-state index contributed by atoms with van der Waals surface area (Å²) in [5.74, 6) is 1.17. The van der Waals surface area contributed by atoms with Gasteiger partial charge in [-0.25, -0.2) is 0 Å². The lowest BCUT2D eigenvalue weighted by Crippen LogP contribution is -2.19. The topological polar surface area (TPSA) is 87.9 Å². The van der Waals surface area contributed by atoms with Crippen molar-refractivity contribution in [2.45, 2.75) is 0 Å². The molecule has 2 heterocycles. The molecule has 0 saturated carbocycles. The number of nitro groups is 1. The number of Topliss-reactive ketones (excluding diaryl/α,β-unsaturated/α-hetero) is 1. The summed E-state index contributed by atoms with van der Waals surface area (Å²) in [4.78, 5) is 23.1. The van der Waals surface area contributed by atoms with Gasteiger partial charge in [0.05, 0.1) is 10.5 Å². The highest BCUT2D eigenvalue weighted by atomic mass is 35.5. The van der Waals surface area contributed by atoms with Crippen LogP contribution in [-0.2, 0) is 0 Å². The van der Waals surface area contributed by atoms with Crippen LogP contribution in [0.3, 0.4) is 0 Å². The minimum absolute atomic E-state index is 0.0322. The molecule has 0 unspecified atom stereocenters. The average molecular weight is 360 g/mol. The summed E-state index contributed by atoms with van der Waals surface area (Å²) < 4.78 is 16.2. The lowest BCUT2D eigenvalue weighted by atomic mass is 9.98. The molecule has 0 aromatic heterocycles. The monoisotopic (exact) mass is 359 g/mol. The summed E-state index contributed by atoms with van der Waals surface area (Å²) in [6.45, 7) is 0.128. The van der Waals surface area contributed by atoms with Crippen LogP contribution in [0.2, 0.25) is 5.02 Å². The van der Waals surface area contributed by atoms with Crippen molar-refractivity contribution in [3.63, 3.8) is 0 Å². The number of carbonyl (C=O) groups is 1. The normalized spacial score (nSPS) is 16.5. The van der Waals surface area contributed by atoms with E-state index in [9.17, 15) is 14.9 Å². The molecule has 126 valence electrons. The average Bonchev–Trinajstić information content (AvgIpc) is 3.05. The van der Waals surface area contributed by atoms with Crippen LogP contribution in [0.25, 0.3) is 6.08 Å². The van der Waals surface area contributed by atoms with Crippen LogP contribution in [-0.4, -0.2) is 24.1 Å². The fourth-order valence-corrected chi connectivity index (χ4v) is 2.84. The molecule has 0 radical (unpaired) electrons. The molecule has 0 spiro atoms. The van der Waals surface area contributed by atoms with E-state index in [-0.39, 0.29) is 24.9 Å². The second kappa shape index (κ2) is 5.78.